The van der Waals surface area contributed by atoms with E-state index in [2.05, 4.69) is 20.8 Å². The zero-order chi connectivity index (χ0) is 17.4. The predicted molar refractivity (Wildman–Crippen MR) is 90.9 cm³/mol. The molecule has 25 heavy (non-hydrogen) atoms. The van der Waals surface area contributed by atoms with Crippen molar-refractivity contribution in [2.75, 3.05) is 5.32 Å². The molecule has 1 amide bonds. The van der Waals surface area contributed by atoms with E-state index in [9.17, 15) is 9.18 Å². The molecule has 1 N–H and O–H groups in total. The molecule has 1 fully saturated rings. The third kappa shape index (κ3) is 3.23. The van der Waals surface area contributed by atoms with Gasteiger partial charge in [-0.2, -0.15) is 0 Å². The lowest BCUT2D eigenvalue weighted by Crippen LogP contribution is -2.13. The number of anilines is 1. The van der Waals surface area contributed by atoms with E-state index in [4.69, 9.17) is 11.6 Å². The molecule has 1 aliphatic carbocycles. The van der Waals surface area contributed by atoms with Gasteiger partial charge in [-0.05, 0) is 65.7 Å². The Kier molecular flexibility index (Phi) is 3.93. The summed E-state index contributed by atoms with van der Waals surface area (Å²) in [5.41, 5.74) is 1.29. The number of benzene rings is 2. The van der Waals surface area contributed by atoms with Gasteiger partial charge in [-0.15, -0.1) is 5.10 Å². The fourth-order valence-corrected chi connectivity index (χ4v) is 2.69. The second-order valence-electron chi connectivity index (χ2n) is 5.83. The summed E-state index contributed by atoms with van der Waals surface area (Å²) in [6.07, 6.45) is 2.16. The van der Waals surface area contributed by atoms with Gasteiger partial charge in [0.2, 0.25) is 0 Å². The molecule has 1 aromatic heterocycles. The number of nitrogens with zero attached hydrogens (tertiary/aromatic N) is 4. The van der Waals surface area contributed by atoms with E-state index in [1.54, 1.807) is 12.1 Å². The molecule has 0 radical (unpaired) electrons. The Morgan fingerprint density at radius 3 is 2.68 bits per heavy atom. The summed E-state index contributed by atoms with van der Waals surface area (Å²) in [5, 5.41) is 14.8. The van der Waals surface area contributed by atoms with Crippen LogP contribution in [0.15, 0.2) is 42.5 Å². The highest BCUT2D eigenvalue weighted by Gasteiger charge is 2.28. The lowest BCUT2D eigenvalue weighted by atomic mass is 10.1. The molecule has 2 aromatic carbocycles. The number of halogens is 2. The topological polar surface area (TPSA) is 72.7 Å². The van der Waals surface area contributed by atoms with Gasteiger partial charge in [-0.1, -0.05) is 11.6 Å². The number of aromatic nitrogens is 4. The average molecular weight is 358 g/mol. The number of amides is 1. The first-order valence-corrected chi connectivity index (χ1v) is 8.14. The molecule has 0 saturated heterocycles. The van der Waals surface area contributed by atoms with Crippen LogP contribution in [0.25, 0.3) is 11.4 Å². The lowest BCUT2D eigenvalue weighted by molar-refractivity contribution is 0.102. The molecule has 1 heterocycles. The van der Waals surface area contributed by atoms with Gasteiger partial charge < -0.3 is 5.32 Å². The molecule has 0 aliphatic heterocycles. The van der Waals surface area contributed by atoms with Gasteiger partial charge in [0, 0.05) is 16.3 Å². The SMILES string of the molecule is O=C(Nc1ccc(-c2nnnn2C2CC2)cc1)c1cc(Cl)ccc1F. The van der Waals surface area contributed by atoms with Crippen molar-refractivity contribution in [2.24, 2.45) is 0 Å². The number of nitrogens with one attached hydrogen (secondary N) is 1. The number of tetrazole rings is 1. The van der Waals surface area contributed by atoms with Gasteiger partial charge in [0.15, 0.2) is 5.82 Å². The molecule has 0 unspecified atom stereocenters. The third-order valence-electron chi connectivity index (χ3n) is 3.96. The molecular formula is C17H13ClFN5O. The Morgan fingerprint density at radius 2 is 1.96 bits per heavy atom. The number of hydrogen-bond donors (Lipinski definition) is 1. The number of carbonyl (C=O) groups excluding carboxylic acids is 1. The molecule has 0 spiro atoms. The van der Waals surface area contributed by atoms with Gasteiger partial charge in [0.25, 0.3) is 5.91 Å². The first-order chi connectivity index (χ1) is 12.1. The van der Waals surface area contributed by atoms with Crippen molar-refractivity contribution in [3.63, 3.8) is 0 Å². The fraction of sp³-hybridized carbons (Fsp3) is 0.176. The largest absolute Gasteiger partial charge is 0.322 e. The Morgan fingerprint density at radius 1 is 1.20 bits per heavy atom. The van der Waals surface area contributed by atoms with Crippen molar-refractivity contribution in [1.82, 2.24) is 20.2 Å². The number of carbonyl (C=O) groups is 1. The van der Waals surface area contributed by atoms with Crippen LogP contribution < -0.4 is 5.32 Å². The predicted octanol–water partition coefficient (Wildman–Crippen LogP) is 3.72. The monoisotopic (exact) mass is 357 g/mol. The molecule has 1 saturated carbocycles. The number of hydrogen-bond acceptors (Lipinski definition) is 4. The van der Waals surface area contributed by atoms with E-state index in [1.807, 2.05) is 16.8 Å². The van der Waals surface area contributed by atoms with Crippen molar-refractivity contribution in [2.45, 2.75) is 18.9 Å². The first kappa shape index (κ1) is 15.7. The highest BCUT2D eigenvalue weighted by Crippen LogP contribution is 2.36. The minimum absolute atomic E-state index is 0.103. The van der Waals surface area contributed by atoms with Crippen LogP contribution in [0.2, 0.25) is 5.02 Å². The fourth-order valence-electron chi connectivity index (χ4n) is 2.52. The number of rotatable bonds is 4. The van der Waals surface area contributed by atoms with Gasteiger partial charge >= 0.3 is 0 Å². The first-order valence-electron chi connectivity index (χ1n) is 7.76. The van der Waals surface area contributed by atoms with Crippen molar-refractivity contribution < 1.29 is 9.18 Å². The minimum Gasteiger partial charge on any atom is -0.322 e. The zero-order valence-corrected chi connectivity index (χ0v) is 13.7. The summed E-state index contributed by atoms with van der Waals surface area (Å²) < 4.78 is 15.6. The molecule has 6 nitrogen and oxygen atoms in total. The standard InChI is InChI=1S/C17H13ClFN5O/c18-11-3-8-15(19)14(9-11)17(25)20-12-4-1-10(2-5-12)16-21-22-23-24(16)13-6-7-13/h1-5,8-9,13H,6-7H2,(H,20,25). The van der Waals surface area contributed by atoms with E-state index in [0.717, 1.165) is 24.5 Å². The van der Waals surface area contributed by atoms with Crippen LogP contribution in [-0.2, 0) is 0 Å². The molecule has 3 aromatic rings. The van der Waals surface area contributed by atoms with E-state index in [0.29, 0.717) is 22.6 Å². The highest BCUT2D eigenvalue weighted by molar-refractivity contribution is 6.31. The smallest absolute Gasteiger partial charge is 0.258 e. The van der Waals surface area contributed by atoms with Gasteiger partial charge in [0.05, 0.1) is 11.6 Å². The second kappa shape index (κ2) is 6.25. The molecule has 0 atom stereocenters. The van der Waals surface area contributed by atoms with E-state index in [1.165, 1.54) is 12.1 Å². The molecule has 126 valence electrons. The minimum atomic E-state index is -0.623. The van der Waals surface area contributed by atoms with E-state index >= 15 is 0 Å². The normalized spacial score (nSPS) is 13.7. The van der Waals surface area contributed by atoms with E-state index < -0.39 is 11.7 Å². The van der Waals surface area contributed by atoms with E-state index in [-0.39, 0.29) is 5.56 Å². The van der Waals surface area contributed by atoms with Crippen LogP contribution in [0, 0.1) is 5.82 Å². The van der Waals surface area contributed by atoms with Crippen molar-refractivity contribution in [3.8, 4) is 11.4 Å². The molecule has 8 heteroatoms. The maximum atomic E-state index is 13.8. The Bertz CT molecular complexity index is 936. The van der Waals surface area contributed by atoms with Crippen LogP contribution in [0.4, 0.5) is 10.1 Å². The Hall–Kier alpha value is -2.80. The van der Waals surface area contributed by atoms with Crippen LogP contribution in [0.1, 0.15) is 29.2 Å². The molecule has 0 bridgehead atoms. The highest BCUT2D eigenvalue weighted by atomic mass is 35.5. The zero-order valence-electron chi connectivity index (χ0n) is 13.0. The van der Waals surface area contributed by atoms with Crippen molar-refractivity contribution in [1.29, 1.82) is 0 Å². The molecular weight excluding hydrogens is 345 g/mol. The van der Waals surface area contributed by atoms with Gasteiger partial charge in [-0.3, -0.25) is 4.79 Å². The summed E-state index contributed by atoms with van der Waals surface area (Å²) in [6.45, 7) is 0. The molecule has 1 aliphatic rings. The maximum Gasteiger partial charge on any atom is 0.258 e. The summed E-state index contributed by atoms with van der Waals surface area (Å²) in [4.78, 5) is 12.2. The second-order valence-corrected chi connectivity index (χ2v) is 6.27. The lowest BCUT2D eigenvalue weighted by Gasteiger charge is -2.08. The quantitative estimate of drug-likeness (QED) is 0.772. The summed E-state index contributed by atoms with van der Waals surface area (Å²) in [6, 6.07) is 11.3. The summed E-state index contributed by atoms with van der Waals surface area (Å²) in [5.74, 6) is -0.487. The maximum absolute atomic E-state index is 13.8. The molecule has 4 rings (SSSR count). The van der Waals surface area contributed by atoms with Crippen LogP contribution in [0.3, 0.4) is 0 Å². The van der Waals surface area contributed by atoms with Gasteiger partial charge in [-0.25, -0.2) is 9.07 Å². The van der Waals surface area contributed by atoms with Crippen LogP contribution in [-0.4, -0.2) is 26.1 Å². The van der Waals surface area contributed by atoms with Crippen LogP contribution >= 0.6 is 11.6 Å². The third-order valence-corrected chi connectivity index (χ3v) is 4.19. The van der Waals surface area contributed by atoms with Crippen molar-refractivity contribution >= 4 is 23.2 Å². The van der Waals surface area contributed by atoms with Crippen molar-refractivity contribution in [3.05, 3.63) is 58.9 Å². The summed E-state index contributed by atoms with van der Waals surface area (Å²) in [7, 11) is 0. The Labute approximate surface area is 147 Å². The van der Waals surface area contributed by atoms with Gasteiger partial charge in [0.1, 0.15) is 5.82 Å². The average Bonchev–Trinajstić information content (AvgIpc) is 3.34. The van der Waals surface area contributed by atoms with Crippen LogP contribution in [0.5, 0.6) is 0 Å². The summed E-state index contributed by atoms with van der Waals surface area (Å²) >= 11 is 5.82. The Balaban J connectivity index is 1.53.